The summed E-state index contributed by atoms with van der Waals surface area (Å²) in [7, 11) is -2.34. The maximum Gasteiger partial charge on any atom is 0.243 e. The molecule has 6 nitrogen and oxygen atoms in total. The molecule has 2 atom stereocenters. The van der Waals surface area contributed by atoms with Crippen LogP contribution in [0.2, 0.25) is 0 Å². The van der Waals surface area contributed by atoms with Crippen LogP contribution in [0.3, 0.4) is 0 Å². The lowest BCUT2D eigenvalue weighted by molar-refractivity contribution is -0.136. The summed E-state index contributed by atoms with van der Waals surface area (Å²) in [5.41, 5.74) is 0.590. The zero-order valence-corrected chi connectivity index (χ0v) is 18.6. The summed E-state index contributed by atoms with van der Waals surface area (Å²) in [4.78, 5) is 15.3. The van der Waals surface area contributed by atoms with Gasteiger partial charge in [0, 0.05) is 19.1 Å². The summed E-state index contributed by atoms with van der Waals surface area (Å²) < 4.78 is 26.9. The number of hydrogen-bond acceptors (Lipinski definition) is 4. The molecule has 2 aliphatic carbocycles. The quantitative estimate of drug-likeness (QED) is 0.710. The van der Waals surface area contributed by atoms with Gasteiger partial charge in [0.05, 0.1) is 23.1 Å². The number of carbonyl (C=O) groups excluding carboxylic acids is 1. The molecule has 2 saturated carbocycles. The van der Waals surface area contributed by atoms with E-state index in [9.17, 15) is 13.2 Å². The molecule has 2 aliphatic rings. The first-order valence-corrected chi connectivity index (χ1v) is 11.8. The highest BCUT2D eigenvalue weighted by atomic mass is 32.2. The minimum absolute atomic E-state index is 0.0946. The molecule has 0 unspecified atom stereocenters. The van der Waals surface area contributed by atoms with Gasteiger partial charge in [0.25, 0.3) is 0 Å². The van der Waals surface area contributed by atoms with Crippen molar-refractivity contribution in [2.24, 2.45) is 11.3 Å². The molecule has 1 amide bonds. The van der Waals surface area contributed by atoms with Crippen molar-refractivity contribution in [1.82, 2.24) is 9.21 Å². The number of sulfonamides is 1. The van der Waals surface area contributed by atoms with Crippen molar-refractivity contribution in [3.63, 3.8) is 0 Å². The number of likely N-dealkylation sites (N-methyl/N-ethyl adjacent to an activating group) is 1. The van der Waals surface area contributed by atoms with Crippen molar-refractivity contribution in [2.45, 2.75) is 69.9 Å². The van der Waals surface area contributed by atoms with Gasteiger partial charge < -0.3 is 4.90 Å². The molecular weight excluding hydrogens is 386 g/mol. The molecule has 0 bridgehead atoms. The highest BCUT2D eigenvalue weighted by Crippen LogP contribution is 2.43. The van der Waals surface area contributed by atoms with Crippen LogP contribution in [-0.2, 0) is 14.8 Å². The van der Waals surface area contributed by atoms with Gasteiger partial charge in [-0.3, -0.25) is 4.79 Å². The molecular formula is C22H31N3O3S. The monoisotopic (exact) mass is 417 g/mol. The number of hydrogen-bond donors (Lipinski definition) is 0. The highest BCUT2D eigenvalue weighted by molar-refractivity contribution is 7.89. The van der Waals surface area contributed by atoms with E-state index < -0.39 is 10.0 Å². The fourth-order valence-corrected chi connectivity index (χ4v) is 5.92. The van der Waals surface area contributed by atoms with Gasteiger partial charge in [-0.2, -0.15) is 9.57 Å². The van der Waals surface area contributed by atoms with E-state index in [2.05, 4.69) is 20.8 Å². The first kappa shape index (κ1) is 21.8. The number of benzene rings is 1. The molecule has 2 fully saturated rings. The van der Waals surface area contributed by atoms with Crippen molar-refractivity contribution in [2.75, 3.05) is 13.6 Å². The molecule has 0 radical (unpaired) electrons. The summed E-state index contributed by atoms with van der Waals surface area (Å²) in [5.74, 6) is 0.444. The van der Waals surface area contributed by atoms with Crippen LogP contribution in [0.4, 0.5) is 0 Å². The average molecular weight is 418 g/mol. The fraction of sp³-hybridized carbons (Fsp3) is 0.636. The van der Waals surface area contributed by atoms with Crippen LogP contribution in [0.15, 0.2) is 29.2 Å². The number of rotatable bonds is 6. The summed E-state index contributed by atoms with van der Waals surface area (Å²) in [5, 5.41) is 8.90. The minimum Gasteiger partial charge on any atom is -0.336 e. The Morgan fingerprint density at radius 3 is 2.31 bits per heavy atom. The second-order valence-electron chi connectivity index (χ2n) is 9.50. The van der Waals surface area contributed by atoms with E-state index >= 15 is 0 Å². The van der Waals surface area contributed by atoms with Crippen LogP contribution in [0.5, 0.6) is 0 Å². The Bertz CT molecular complexity index is 898. The maximum atomic E-state index is 13.2. The summed E-state index contributed by atoms with van der Waals surface area (Å²) >= 11 is 0. The van der Waals surface area contributed by atoms with Crippen LogP contribution in [-0.4, -0.2) is 49.2 Å². The fourth-order valence-electron chi connectivity index (χ4n) is 4.80. The smallest absolute Gasteiger partial charge is 0.243 e. The zero-order valence-electron chi connectivity index (χ0n) is 17.8. The Labute approximate surface area is 174 Å². The number of nitrogens with zero attached hydrogens (tertiary/aromatic N) is 3. The van der Waals surface area contributed by atoms with Crippen molar-refractivity contribution >= 4 is 15.9 Å². The van der Waals surface area contributed by atoms with E-state index in [1.807, 2.05) is 11.0 Å². The Morgan fingerprint density at radius 2 is 1.79 bits per heavy atom. The number of nitriles is 1. The molecule has 29 heavy (non-hydrogen) atoms. The molecule has 158 valence electrons. The largest absolute Gasteiger partial charge is 0.336 e. The summed E-state index contributed by atoms with van der Waals surface area (Å²) in [6.45, 7) is 6.59. The Morgan fingerprint density at radius 1 is 1.17 bits per heavy atom. The topological polar surface area (TPSA) is 81.5 Å². The van der Waals surface area contributed by atoms with Crippen LogP contribution in [0, 0.1) is 22.7 Å². The van der Waals surface area contributed by atoms with E-state index in [1.54, 1.807) is 0 Å². The molecule has 0 aliphatic heterocycles. The standard InChI is InChI=1S/C22H31N3O3S/c1-16-11-19(13-22(2,3)12-16)25(18-7-8-18)21(26)15-24(4)29(27,28)20-9-5-17(14-23)6-10-20/h5-6,9-10,16,18-19H,7-8,11-13,15H2,1-4H3/t16-,19+/m1/s1. The summed E-state index contributed by atoms with van der Waals surface area (Å²) in [6.07, 6.45) is 5.11. The molecule has 0 spiro atoms. The molecule has 7 heteroatoms. The maximum absolute atomic E-state index is 13.2. The van der Waals surface area contributed by atoms with Gasteiger partial charge in [0.15, 0.2) is 0 Å². The van der Waals surface area contributed by atoms with E-state index in [0.717, 1.165) is 36.4 Å². The van der Waals surface area contributed by atoms with E-state index in [0.29, 0.717) is 11.5 Å². The zero-order chi connectivity index (χ0) is 21.4. The molecule has 0 aromatic heterocycles. The summed E-state index contributed by atoms with van der Waals surface area (Å²) in [6, 6.07) is 8.19. The first-order chi connectivity index (χ1) is 13.5. The van der Waals surface area contributed by atoms with Crippen LogP contribution in [0.25, 0.3) is 0 Å². The molecule has 0 saturated heterocycles. The van der Waals surface area contributed by atoms with Gasteiger partial charge in [-0.1, -0.05) is 20.8 Å². The second kappa shape index (κ2) is 8.08. The van der Waals surface area contributed by atoms with Gasteiger partial charge >= 0.3 is 0 Å². The lowest BCUT2D eigenvalue weighted by Crippen LogP contribution is -2.50. The van der Waals surface area contributed by atoms with E-state index in [-0.39, 0.29) is 34.8 Å². The van der Waals surface area contributed by atoms with E-state index in [4.69, 9.17) is 5.26 Å². The lowest BCUT2D eigenvalue weighted by atomic mass is 9.70. The third-order valence-corrected chi connectivity index (χ3v) is 7.85. The van der Waals surface area contributed by atoms with Crippen molar-refractivity contribution in [1.29, 1.82) is 5.26 Å². The normalized spacial score (nSPS) is 24.1. The van der Waals surface area contributed by atoms with Gasteiger partial charge in [-0.25, -0.2) is 8.42 Å². The SMILES string of the molecule is C[C@@H]1C[C@H](N(C(=O)CN(C)S(=O)(=O)c2ccc(C#N)cc2)C2CC2)CC(C)(C)C1. The molecule has 1 aromatic carbocycles. The third kappa shape index (κ3) is 4.99. The molecule has 0 N–H and O–H groups in total. The Kier molecular flexibility index (Phi) is 6.07. The van der Waals surface area contributed by atoms with E-state index in [1.165, 1.54) is 31.3 Å². The molecule has 3 rings (SSSR count). The Balaban J connectivity index is 1.75. The van der Waals surface area contributed by atoms with Gasteiger partial charge in [0.2, 0.25) is 15.9 Å². The highest BCUT2D eigenvalue weighted by Gasteiger charge is 2.43. The number of carbonyl (C=O) groups is 1. The van der Waals surface area contributed by atoms with Gasteiger partial charge in [-0.05, 0) is 67.7 Å². The lowest BCUT2D eigenvalue weighted by Gasteiger charge is -2.44. The van der Waals surface area contributed by atoms with Crippen molar-refractivity contribution in [3.8, 4) is 6.07 Å². The predicted molar refractivity (Wildman–Crippen MR) is 111 cm³/mol. The van der Waals surface area contributed by atoms with Crippen LogP contribution < -0.4 is 0 Å². The van der Waals surface area contributed by atoms with Gasteiger partial charge in [0.1, 0.15) is 0 Å². The third-order valence-electron chi connectivity index (χ3n) is 6.03. The van der Waals surface area contributed by atoms with Crippen LogP contribution in [0.1, 0.15) is 58.4 Å². The van der Waals surface area contributed by atoms with Crippen LogP contribution >= 0.6 is 0 Å². The first-order valence-electron chi connectivity index (χ1n) is 10.3. The van der Waals surface area contributed by atoms with Crippen molar-refractivity contribution in [3.05, 3.63) is 29.8 Å². The van der Waals surface area contributed by atoms with Crippen molar-refractivity contribution < 1.29 is 13.2 Å². The number of amides is 1. The minimum atomic E-state index is -3.79. The predicted octanol–water partition coefficient (Wildman–Crippen LogP) is 3.38. The second-order valence-corrected chi connectivity index (χ2v) is 11.5. The molecule has 0 heterocycles. The average Bonchev–Trinajstić information content (AvgIpc) is 3.45. The Hall–Kier alpha value is -1.91. The molecule has 1 aromatic rings. The van der Waals surface area contributed by atoms with Gasteiger partial charge in [-0.15, -0.1) is 0 Å².